The number of nitrogens with one attached hydrogen (secondary N) is 1. The standard InChI is InChI=1S/C20H20N4O4S/c1-11(28-15-8-6-5-7-14(15)25-2)18-22-19-12-9-16(26-3)17(27-4)10-13(12)21-20(29)24(19)23-18/h5-11H,1-4H3,(H,22,23). The number of ether oxygens (including phenoxy) is 4. The van der Waals surface area contributed by atoms with E-state index >= 15 is 0 Å². The Hall–Kier alpha value is -3.33. The van der Waals surface area contributed by atoms with Crippen molar-refractivity contribution in [2.45, 2.75) is 13.0 Å². The summed E-state index contributed by atoms with van der Waals surface area (Å²) in [5, 5.41) is 3.96. The molecule has 0 saturated heterocycles. The Morgan fingerprint density at radius 2 is 1.59 bits per heavy atom. The molecule has 0 radical (unpaired) electrons. The highest BCUT2D eigenvalue weighted by atomic mass is 32.1. The van der Waals surface area contributed by atoms with Gasteiger partial charge in [-0.15, -0.1) is 0 Å². The number of rotatable bonds is 6. The minimum Gasteiger partial charge on any atom is -0.493 e. The Morgan fingerprint density at radius 1 is 0.931 bits per heavy atom. The van der Waals surface area contributed by atoms with Gasteiger partial charge in [-0.05, 0) is 37.3 Å². The fourth-order valence-corrected chi connectivity index (χ4v) is 3.34. The van der Waals surface area contributed by atoms with Gasteiger partial charge in [-0.3, -0.25) is 5.10 Å². The van der Waals surface area contributed by atoms with Crippen LogP contribution in [0.4, 0.5) is 0 Å². The van der Waals surface area contributed by atoms with Gasteiger partial charge in [0.15, 0.2) is 40.6 Å². The number of aromatic amines is 1. The molecule has 29 heavy (non-hydrogen) atoms. The molecule has 0 saturated carbocycles. The highest BCUT2D eigenvalue weighted by Gasteiger charge is 2.18. The lowest BCUT2D eigenvalue weighted by Gasteiger charge is -2.14. The lowest BCUT2D eigenvalue weighted by molar-refractivity contribution is 0.206. The van der Waals surface area contributed by atoms with Crippen molar-refractivity contribution in [1.29, 1.82) is 0 Å². The average Bonchev–Trinajstić information content (AvgIpc) is 3.20. The summed E-state index contributed by atoms with van der Waals surface area (Å²) in [6, 6.07) is 11.1. The molecule has 1 atom stereocenters. The number of nitrogens with zero attached hydrogens (tertiary/aromatic N) is 3. The Balaban J connectivity index is 1.81. The van der Waals surface area contributed by atoms with Crippen LogP contribution in [-0.4, -0.2) is 40.9 Å². The van der Waals surface area contributed by atoms with E-state index in [4.69, 9.17) is 36.1 Å². The van der Waals surface area contributed by atoms with Gasteiger partial charge in [-0.25, -0.2) is 14.5 Å². The second-order valence-corrected chi connectivity index (χ2v) is 6.66. The van der Waals surface area contributed by atoms with E-state index in [1.54, 1.807) is 31.9 Å². The molecule has 4 rings (SSSR count). The molecule has 2 aromatic carbocycles. The third-order valence-electron chi connectivity index (χ3n) is 4.57. The fourth-order valence-electron chi connectivity index (χ4n) is 3.11. The Kier molecular flexibility index (Phi) is 4.98. The molecule has 0 aliphatic heterocycles. The molecule has 0 fully saturated rings. The van der Waals surface area contributed by atoms with Crippen molar-refractivity contribution in [1.82, 2.24) is 19.6 Å². The lowest BCUT2D eigenvalue weighted by atomic mass is 10.2. The van der Waals surface area contributed by atoms with E-state index in [0.29, 0.717) is 44.8 Å². The van der Waals surface area contributed by atoms with Gasteiger partial charge in [0.2, 0.25) is 4.77 Å². The summed E-state index contributed by atoms with van der Waals surface area (Å²) < 4.78 is 24.2. The van der Waals surface area contributed by atoms with Crippen LogP contribution in [-0.2, 0) is 0 Å². The second kappa shape index (κ2) is 7.59. The highest BCUT2D eigenvalue weighted by Crippen LogP contribution is 2.34. The maximum absolute atomic E-state index is 6.05. The van der Waals surface area contributed by atoms with Gasteiger partial charge < -0.3 is 18.9 Å². The van der Waals surface area contributed by atoms with Gasteiger partial charge in [0.05, 0.1) is 26.8 Å². The molecule has 0 amide bonds. The molecule has 1 N–H and O–H groups in total. The normalized spacial score (nSPS) is 12.1. The van der Waals surface area contributed by atoms with Crippen LogP contribution in [0.5, 0.6) is 23.0 Å². The number of hydrogen-bond donors (Lipinski definition) is 1. The lowest BCUT2D eigenvalue weighted by Crippen LogP contribution is -2.06. The molecule has 0 bridgehead atoms. The summed E-state index contributed by atoms with van der Waals surface area (Å²) in [7, 11) is 4.77. The molecule has 0 aliphatic carbocycles. The van der Waals surface area contributed by atoms with Crippen molar-refractivity contribution in [3.05, 3.63) is 47.0 Å². The summed E-state index contributed by atoms with van der Waals surface area (Å²) in [6.07, 6.45) is -0.379. The first-order valence-corrected chi connectivity index (χ1v) is 9.30. The molecule has 2 heterocycles. The van der Waals surface area contributed by atoms with Gasteiger partial charge in [0.1, 0.15) is 0 Å². The summed E-state index contributed by atoms with van der Waals surface area (Å²) >= 11 is 5.44. The predicted octanol–water partition coefficient (Wildman–Crippen LogP) is 4.11. The van der Waals surface area contributed by atoms with Crippen molar-refractivity contribution < 1.29 is 18.9 Å². The zero-order valence-electron chi connectivity index (χ0n) is 16.4. The molecular weight excluding hydrogens is 392 g/mol. The van der Waals surface area contributed by atoms with Crippen LogP contribution < -0.4 is 18.9 Å². The number of hydrogen-bond acceptors (Lipinski definition) is 7. The number of para-hydroxylation sites is 2. The van der Waals surface area contributed by atoms with Gasteiger partial charge in [-0.1, -0.05) is 12.1 Å². The fraction of sp³-hybridized carbons (Fsp3) is 0.250. The minimum absolute atomic E-state index is 0.350. The predicted molar refractivity (Wildman–Crippen MR) is 111 cm³/mol. The van der Waals surface area contributed by atoms with Crippen LogP contribution in [0.1, 0.15) is 18.9 Å². The smallest absolute Gasteiger partial charge is 0.221 e. The zero-order valence-corrected chi connectivity index (χ0v) is 17.2. The summed E-state index contributed by atoms with van der Waals surface area (Å²) in [5.74, 6) is 3.04. The third kappa shape index (κ3) is 3.33. The highest BCUT2D eigenvalue weighted by molar-refractivity contribution is 7.71. The number of benzene rings is 2. The van der Waals surface area contributed by atoms with Gasteiger partial charge in [-0.2, -0.15) is 0 Å². The minimum atomic E-state index is -0.379. The van der Waals surface area contributed by atoms with Crippen LogP contribution >= 0.6 is 12.2 Å². The topological polar surface area (TPSA) is 82.9 Å². The van der Waals surface area contributed by atoms with Crippen molar-refractivity contribution in [3.63, 3.8) is 0 Å². The quantitative estimate of drug-likeness (QED) is 0.477. The largest absolute Gasteiger partial charge is 0.493 e. The second-order valence-electron chi connectivity index (χ2n) is 6.30. The first-order valence-electron chi connectivity index (χ1n) is 8.89. The first-order chi connectivity index (χ1) is 14.0. The molecule has 1 unspecified atom stereocenters. The zero-order chi connectivity index (χ0) is 20.5. The van der Waals surface area contributed by atoms with Crippen molar-refractivity contribution >= 4 is 28.8 Å². The molecule has 9 heteroatoms. The molecule has 8 nitrogen and oxygen atoms in total. The van der Waals surface area contributed by atoms with E-state index in [1.807, 2.05) is 37.3 Å². The first kappa shape index (κ1) is 19.0. The average molecular weight is 412 g/mol. The molecule has 150 valence electrons. The van der Waals surface area contributed by atoms with Gasteiger partial charge >= 0.3 is 0 Å². The van der Waals surface area contributed by atoms with Crippen molar-refractivity contribution in [3.8, 4) is 23.0 Å². The van der Waals surface area contributed by atoms with Gasteiger partial charge in [0, 0.05) is 11.5 Å². The number of fused-ring (bicyclic) bond motifs is 3. The summed E-state index contributed by atoms with van der Waals surface area (Å²) in [5.41, 5.74) is 1.30. The van der Waals surface area contributed by atoms with E-state index in [1.165, 1.54) is 0 Å². The molecule has 2 aromatic heterocycles. The number of H-pyrrole nitrogens is 1. The van der Waals surface area contributed by atoms with E-state index in [9.17, 15) is 0 Å². The Labute approximate surface area is 172 Å². The molecule has 0 aliphatic rings. The van der Waals surface area contributed by atoms with Crippen LogP contribution in [0.25, 0.3) is 16.6 Å². The van der Waals surface area contributed by atoms with E-state index in [2.05, 4.69) is 10.1 Å². The van der Waals surface area contributed by atoms with E-state index in [0.717, 1.165) is 5.39 Å². The maximum Gasteiger partial charge on any atom is 0.221 e. The summed E-state index contributed by atoms with van der Waals surface area (Å²) in [4.78, 5) is 9.20. The maximum atomic E-state index is 6.05. The van der Waals surface area contributed by atoms with E-state index < -0.39 is 0 Å². The van der Waals surface area contributed by atoms with Crippen LogP contribution in [0.2, 0.25) is 0 Å². The van der Waals surface area contributed by atoms with E-state index in [-0.39, 0.29) is 6.10 Å². The molecule has 0 spiro atoms. The Bertz CT molecular complexity index is 1250. The third-order valence-corrected chi connectivity index (χ3v) is 4.85. The van der Waals surface area contributed by atoms with Crippen LogP contribution in [0.3, 0.4) is 0 Å². The number of methoxy groups -OCH3 is 3. The molecular formula is C20H20N4O4S. The summed E-state index contributed by atoms with van der Waals surface area (Å²) in [6.45, 7) is 1.90. The van der Waals surface area contributed by atoms with Crippen molar-refractivity contribution in [2.24, 2.45) is 0 Å². The Morgan fingerprint density at radius 3 is 2.28 bits per heavy atom. The monoisotopic (exact) mass is 412 g/mol. The van der Waals surface area contributed by atoms with Crippen LogP contribution in [0.15, 0.2) is 36.4 Å². The van der Waals surface area contributed by atoms with Crippen LogP contribution in [0, 0.1) is 4.77 Å². The molecule has 4 aromatic rings. The van der Waals surface area contributed by atoms with Gasteiger partial charge in [0.25, 0.3) is 0 Å². The van der Waals surface area contributed by atoms with Crippen molar-refractivity contribution in [2.75, 3.05) is 21.3 Å². The SMILES string of the molecule is COc1cc2nc(=S)n3[nH]c(C(C)Oc4ccccc4OC)nc3c2cc1OC. The number of aromatic nitrogens is 4.